The Morgan fingerprint density at radius 1 is 0.648 bits per heavy atom. The van der Waals surface area contributed by atoms with Crippen LogP contribution in [0.15, 0.2) is 85.1 Å². The van der Waals surface area contributed by atoms with Crippen molar-refractivity contribution in [2.24, 2.45) is 0 Å². The van der Waals surface area contributed by atoms with E-state index in [-0.39, 0.29) is 45.2 Å². The first-order valence-corrected chi connectivity index (χ1v) is 25.8. The Labute approximate surface area is 434 Å². The molecule has 13 nitrogen and oxygen atoms in total. The highest BCUT2D eigenvalue weighted by Gasteiger charge is 2.26. The number of hydrogen-bond donors (Lipinski definition) is 3. The monoisotopic (exact) mass is 1030 g/mol. The molecule has 0 aliphatic carbocycles. The van der Waals surface area contributed by atoms with Gasteiger partial charge in [0.25, 0.3) is 0 Å². The molecule has 3 N–H and O–H groups in total. The largest absolute Gasteiger partial charge is 1.00 e. The van der Waals surface area contributed by atoms with Crippen LogP contribution in [0.2, 0.25) is 0 Å². The number of rotatable bonds is 20. The first kappa shape index (κ1) is 56.6. The number of phenolic OH excluding ortho intramolecular Hbond substituents is 2. The molecule has 1 aliphatic rings. The van der Waals surface area contributed by atoms with Crippen molar-refractivity contribution in [1.82, 2.24) is 45.1 Å². The summed E-state index contributed by atoms with van der Waals surface area (Å²) in [6, 6.07) is 23.5. The van der Waals surface area contributed by atoms with Gasteiger partial charge in [0, 0.05) is 62.4 Å². The number of likely N-dealkylation sites (N-methyl/N-ethyl adjacent to an activating group) is 1. The summed E-state index contributed by atoms with van der Waals surface area (Å²) in [6.45, 7) is 26.4. The SMILES string of the molecule is C=C(CCc1cc(-n2nc3ccccc3n2)c(O)c(C(C)(C)C)c1)N1CCN(C)CC1.CCCCCCCC[N+](C)(C)CCCNC(=O)CCc1cc(-n2nc3ccccc3n2)c(O)c(C(C)(C)C)c1.[Br-]. The van der Waals surface area contributed by atoms with Crippen LogP contribution in [0.4, 0.5) is 0 Å². The molecule has 0 atom stereocenters. The quantitative estimate of drug-likeness (QED) is 0.0528. The van der Waals surface area contributed by atoms with Crippen molar-refractivity contribution in [1.29, 1.82) is 0 Å². The third-order valence-corrected chi connectivity index (χ3v) is 13.6. The zero-order chi connectivity index (χ0) is 50.6. The summed E-state index contributed by atoms with van der Waals surface area (Å²) >= 11 is 0. The molecule has 1 amide bonds. The predicted octanol–water partition coefficient (Wildman–Crippen LogP) is 7.42. The standard InChI is InChI=1S/C32H49N5O2.C25H33N5O.BrH/c1-7-8-9-10-11-14-21-37(5,6)22-15-20-33-30(38)19-18-25-23-26(32(2,3)4)31(39)29(24-25)36-34-27-16-12-13-17-28(27)35-36;1-18(29-14-12-28(5)13-15-29)10-11-19-16-20(25(2,3)4)24(31)23(17-19)30-26-21-8-6-7-9-22(21)27-30;/h12-13,16-17,23-24H,7-11,14-15,18-22H2,1-6H3,(H-,33,38,39);6-9,16-17,31H,1,10-15H2,2-5H3;1H. The van der Waals surface area contributed by atoms with Crippen molar-refractivity contribution in [3.8, 4) is 22.9 Å². The smallest absolute Gasteiger partial charge is 0.220 e. The Morgan fingerprint density at radius 2 is 1.07 bits per heavy atom. The van der Waals surface area contributed by atoms with Gasteiger partial charge in [-0.05, 0) is 97.5 Å². The highest BCUT2D eigenvalue weighted by molar-refractivity contribution is 5.76. The van der Waals surface area contributed by atoms with Gasteiger partial charge in [0.2, 0.25) is 5.91 Å². The average molecular weight is 1040 g/mol. The lowest BCUT2D eigenvalue weighted by molar-refractivity contribution is -0.890. The van der Waals surface area contributed by atoms with E-state index >= 15 is 0 Å². The van der Waals surface area contributed by atoms with Crippen LogP contribution in [-0.4, -0.2) is 127 Å². The number of halogens is 1. The van der Waals surface area contributed by atoms with Crippen molar-refractivity contribution in [2.75, 3.05) is 67.0 Å². The van der Waals surface area contributed by atoms with E-state index in [1.807, 2.05) is 66.7 Å². The minimum atomic E-state index is -0.274. The summed E-state index contributed by atoms with van der Waals surface area (Å²) in [5, 5.41) is 43.7. The maximum absolute atomic E-state index is 12.7. The third-order valence-electron chi connectivity index (χ3n) is 13.6. The fourth-order valence-corrected chi connectivity index (χ4v) is 9.11. The number of aromatic hydroxyl groups is 2. The fraction of sp³-hybridized carbons (Fsp3) is 0.526. The average Bonchev–Trinajstić information content (AvgIpc) is 3.95. The van der Waals surface area contributed by atoms with Gasteiger partial charge in [0.1, 0.15) is 44.9 Å². The lowest BCUT2D eigenvalue weighted by atomic mass is 9.84. The minimum Gasteiger partial charge on any atom is -1.00 e. The lowest BCUT2D eigenvalue weighted by Crippen LogP contribution is -3.00. The van der Waals surface area contributed by atoms with Gasteiger partial charge in [-0.25, -0.2) is 0 Å². The number of piperazine rings is 1. The van der Waals surface area contributed by atoms with Crippen LogP contribution < -0.4 is 22.3 Å². The predicted molar refractivity (Wildman–Crippen MR) is 286 cm³/mol. The van der Waals surface area contributed by atoms with E-state index in [9.17, 15) is 15.0 Å². The first-order chi connectivity index (χ1) is 33.2. The number of phenols is 2. The van der Waals surface area contributed by atoms with Crippen molar-refractivity contribution in [3.05, 3.63) is 107 Å². The molecular formula is C57H83BrN10O3. The van der Waals surface area contributed by atoms with Crippen LogP contribution in [0, 0.1) is 0 Å². The van der Waals surface area contributed by atoms with E-state index < -0.39 is 0 Å². The number of nitrogens with one attached hydrogen (secondary N) is 1. The maximum Gasteiger partial charge on any atom is 0.220 e. The molecule has 0 bridgehead atoms. The molecule has 1 aliphatic heterocycles. The molecule has 0 spiro atoms. The molecule has 2 aromatic heterocycles. The Kier molecular flexibility index (Phi) is 20.2. The molecule has 14 heteroatoms. The van der Waals surface area contributed by atoms with Gasteiger partial charge in [-0.2, -0.15) is 0 Å². The number of aromatic nitrogens is 6. The molecule has 0 saturated carbocycles. The van der Waals surface area contributed by atoms with E-state index in [1.165, 1.54) is 55.6 Å². The van der Waals surface area contributed by atoms with Crippen molar-refractivity contribution >= 4 is 28.0 Å². The van der Waals surface area contributed by atoms with Crippen molar-refractivity contribution < 1.29 is 36.5 Å². The second-order valence-electron chi connectivity index (χ2n) is 22.2. The van der Waals surface area contributed by atoms with E-state index in [0.717, 1.165) is 101 Å². The Morgan fingerprint density at radius 3 is 1.52 bits per heavy atom. The van der Waals surface area contributed by atoms with Gasteiger partial charge >= 0.3 is 0 Å². The summed E-state index contributed by atoms with van der Waals surface area (Å²) < 4.78 is 1.01. The highest BCUT2D eigenvalue weighted by Crippen LogP contribution is 2.38. The summed E-state index contributed by atoms with van der Waals surface area (Å²) in [5.74, 6) is 0.485. The van der Waals surface area contributed by atoms with Crippen LogP contribution in [0.3, 0.4) is 0 Å². The lowest BCUT2D eigenvalue weighted by Gasteiger charge is -2.35. The molecular weight excluding hydrogens is 953 g/mol. The molecule has 1 fully saturated rings. The molecule has 6 aromatic rings. The molecule has 71 heavy (non-hydrogen) atoms. The van der Waals surface area contributed by atoms with Crippen LogP contribution in [0.5, 0.6) is 11.5 Å². The van der Waals surface area contributed by atoms with Gasteiger partial charge < -0.3 is 46.8 Å². The molecule has 4 aromatic carbocycles. The van der Waals surface area contributed by atoms with E-state index in [0.29, 0.717) is 30.8 Å². The number of carbonyl (C=O) groups is 1. The van der Waals surface area contributed by atoms with Crippen LogP contribution in [0.25, 0.3) is 33.4 Å². The Hall–Kier alpha value is -5.31. The highest BCUT2D eigenvalue weighted by atomic mass is 79.9. The Bertz CT molecular complexity index is 2600. The van der Waals surface area contributed by atoms with Gasteiger partial charge in [0.15, 0.2) is 0 Å². The van der Waals surface area contributed by atoms with Gasteiger partial charge in [-0.15, -0.1) is 30.0 Å². The number of unbranched alkanes of at least 4 members (excludes halogenated alkanes) is 5. The third kappa shape index (κ3) is 16.1. The molecule has 1 saturated heterocycles. The van der Waals surface area contributed by atoms with Gasteiger partial charge in [-0.1, -0.05) is 117 Å². The second kappa shape index (κ2) is 25.4. The van der Waals surface area contributed by atoms with E-state index in [2.05, 4.69) is 118 Å². The molecule has 7 rings (SSSR count). The summed E-state index contributed by atoms with van der Waals surface area (Å²) in [4.78, 5) is 20.5. The van der Waals surface area contributed by atoms with Crippen LogP contribution in [0.1, 0.15) is 129 Å². The first-order valence-electron chi connectivity index (χ1n) is 25.8. The summed E-state index contributed by atoms with van der Waals surface area (Å²) in [6.07, 6.45) is 11.7. The zero-order valence-electron chi connectivity index (χ0n) is 44.6. The number of amides is 1. The number of carbonyl (C=O) groups excluding carboxylic acids is 1. The number of hydrogen-bond acceptors (Lipinski definition) is 9. The molecule has 0 radical (unpaired) electrons. The minimum absolute atomic E-state index is 0. The van der Waals surface area contributed by atoms with E-state index in [4.69, 9.17) is 0 Å². The number of allylic oxidation sites excluding steroid dienone is 1. The van der Waals surface area contributed by atoms with Gasteiger partial charge in [0.05, 0.1) is 27.2 Å². The molecule has 386 valence electrons. The van der Waals surface area contributed by atoms with Crippen LogP contribution >= 0.6 is 0 Å². The van der Waals surface area contributed by atoms with E-state index in [1.54, 1.807) is 4.80 Å². The Balaban J connectivity index is 0.000000266. The maximum atomic E-state index is 12.7. The number of nitrogens with zero attached hydrogens (tertiary/aromatic N) is 9. The second-order valence-corrected chi connectivity index (χ2v) is 22.2. The zero-order valence-corrected chi connectivity index (χ0v) is 46.2. The van der Waals surface area contributed by atoms with Crippen LogP contribution in [-0.2, 0) is 28.5 Å². The topological polar surface area (TPSA) is 137 Å². The summed E-state index contributed by atoms with van der Waals surface area (Å²) in [7, 11) is 6.75. The molecule has 3 heterocycles. The number of fused-ring (bicyclic) bond motifs is 2. The van der Waals surface area contributed by atoms with Crippen molar-refractivity contribution in [3.63, 3.8) is 0 Å². The number of quaternary nitrogens is 1. The molecule has 0 unspecified atom stereocenters. The van der Waals surface area contributed by atoms with Gasteiger partial charge in [-0.3, -0.25) is 4.79 Å². The fourth-order valence-electron chi connectivity index (χ4n) is 9.11. The van der Waals surface area contributed by atoms with Crippen molar-refractivity contribution in [2.45, 2.75) is 130 Å². The summed E-state index contributed by atoms with van der Waals surface area (Å²) in [5.41, 5.74) is 8.93. The number of benzene rings is 4. The number of aryl methyl sites for hydroxylation is 2. The normalized spacial score (nSPS) is 13.5.